The Hall–Kier alpha value is -0.650. The highest BCUT2D eigenvalue weighted by Gasteiger charge is 2.28. The van der Waals surface area contributed by atoms with Crippen molar-refractivity contribution in [1.29, 1.82) is 0 Å². The zero-order valence-corrected chi connectivity index (χ0v) is 10.4. The molecule has 0 bridgehead atoms. The molecule has 1 fully saturated rings. The zero-order chi connectivity index (χ0) is 12.0. The van der Waals surface area contributed by atoms with Crippen LogP contribution in [0.25, 0.3) is 0 Å². The van der Waals surface area contributed by atoms with Gasteiger partial charge in [0.05, 0.1) is 19.3 Å². The molecule has 0 aliphatic carbocycles. The Balaban J connectivity index is 2.43. The molecule has 0 aromatic heterocycles. The molecule has 1 aliphatic heterocycles. The largest absolute Gasteiger partial charge is 0.465 e. The highest BCUT2D eigenvalue weighted by atomic mass is 16.5. The first-order chi connectivity index (χ1) is 7.69. The van der Waals surface area contributed by atoms with E-state index in [4.69, 9.17) is 9.47 Å². The maximum absolute atomic E-state index is 11.6. The van der Waals surface area contributed by atoms with Crippen LogP contribution in [0, 0.1) is 0 Å². The molecule has 5 nitrogen and oxygen atoms in total. The Morgan fingerprint density at radius 2 is 2.44 bits per heavy atom. The molecule has 5 heteroatoms. The molecule has 0 saturated carbocycles. The van der Waals surface area contributed by atoms with Gasteiger partial charge in [0.25, 0.3) is 0 Å². The van der Waals surface area contributed by atoms with Crippen molar-refractivity contribution in [3.05, 3.63) is 0 Å². The van der Waals surface area contributed by atoms with Crippen molar-refractivity contribution >= 4 is 5.97 Å². The molecule has 1 aliphatic rings. The quantitative estimate of drug-likeness (QED) is 0.666. The molecule has 2 atom stereocenters. The van der Waals surface area contributed by atoms with Gasteiger partial charge in [-0.15, -0.1) is 0 Å². The van der Waals surface area contributed by atoms with E-state index in [0.29, 0.717) is 13.2 Å². The molecule has 1 N–H and O–H groups in total. The molecule has 2 unspecified atom stereocenters. The van der Waals surface area contributed by atoms with Crippen molar-refractivity contribution < 1.29 is 14.3 Å². The number of esters is 1. The Kier molecular flexibility index (Phi) is 5.73. The van der Waals surface area contributed by atoms with Crippen LogP contribution in [0.2, 0.25) is 0 Å². The van der Waals surface area contributed by atoms with E-state index < -0.39 is 0 Å². The van der Waals surface area contributed by atoms with Crippen LogP contribution in [-0.4, -0.2) is 62.9 Å². The molecule has 0 amide bonds. The maximum atomic E-state index is 11.6. The number of hydrogen-bond donors (Lipinski definition) is 1. The molecule has 0 aromatic carbocycles. The number of nitrogens with zero attached hydrogens (tertiary/aromatic N) is 1. The monoisotopic (exact) mass is 230 g/mol. The average molecular weight is 230 g/mol. The van der Waals surface area contributed by atoms with E-state index in [1.807, 2.05) is 20.9 Å². The van der Waals surface area contributed by atoms with Crippen molar-refractivity contribution in [2.24, 2.45) is 0 Å². The van der Waals surface area contributed by atoms with Crippen molar-refractivity contribution in [3.63, 3.8) is 0 Å². The van der Waals surface area contributed by atoms with Crippen LogP contribution in [0.1, 0.15) is 13.8 Å². The van der Waals surface area contributed by atoms with E-state index in [9.17, 15) is 4.79 Å². The Morgan fingerprint density at radius 3 is 3.06 bits per heavy atom. The predicted molar refractivity (Wildman–Crippen MR) is 61.3 cm³/mol. The number of hydrogen-bond acceptors (Lipinski definition) is 5. The average Bonchev–Trinajstić information content (AvgIpc) is 2.29. The van der Waals surface area contributed by atoms with Crippen LogP contribution < -0.4 is 5.32 Å². The molecule has 0 radical (unpaired) electrons. The molecular weight excluding hydrogens is 208 g/mol. The van der Waals surface area contributed by atoms with Gasteiger partial charge in [0.2, 0.25) is 0 Å². The third-order valence-electron chi connectivity index (χ3n) is 2.78. The van der Waals surface area contributed by atoms with Gasteiger partial charge in [-0.2, -0.15) is 0 Å². The van der Waals surface area contributed by atoms with Crippen LogP contribution in [0.3, 0.4) is 0 Å². The number of carbonyl (C=O) groups excluding carboxylic acids is 1. The van der Waals surface area contributed by atoms with Crippen molar-refractivity contribution in [3.8, 4) is 0 Å². The van der Waals surface area contributed by atoms with E-state index in [2.05, 4.69) is 10.2 Å². The number of rotatable bonds is 5. The highest BCUT2D eigenvalue weighted by molar-refractivity contribution is 5.75. The summed E-state index contributed by atoms with van der Waals surface area (Å²) < 4.78 is 10.6. The maximum Gasteiger partial charge on any atom is 0.323 e. The van der Waals surface area contributed by atoms with Gasteiger partial charge in [-0.05, 0) is 20.9 Å². The summed E-state index contributed by atoms with van der Waals surface area (Å²) in [5.41, 5.74) is 0. The lowest BCUT2D eigenvalue weighted by Crippen LogP contribution is -2.52. The van der Waals surface area contributed by atoms with Gasteiger partial charge < -0.3 is 14.8 Å². The van der Waals surface area contributed by atoms with Gasteiger partial charge >= 0.3 is 5.97 Å². The van der Waals surface area contributed by atoms with Crippen molar-refractivity contribution in [2.75, 3.05) is 39.9 Å². The number of nitrogens with one attached hydrogen (secondary N) is 1. The molecule has 1 saturated heterocycles. The summed E-state index contributed by atoms with van der Waals surface area (Å²) in [4.78, 5) is 13.7. The molecule has 0 aromatic rings. The number of likely N-dealkylation sites (N-methyl/N-ethyl adjacent to an activating group) is 1. The SMILES string of the molecule is CCOC(=O)C(C)N1CCOC(CNC)C1. The minimum absolute atomic E-state index is 0.146. The van der Waals surface area contributed by atoms with E-state index in [-0.39, 0.29) is 18.1 Å². The van der Waals surface area contributed by atoms with Crippen LogP contribution in [0.4, 0.5) is 0 Å². The number of morpholine rings is 1. The lowest BCUT2D eigenvalue weighted by molar-refractivity contribution is -0.151. The standard InChI is InChI=1S/C11H22N2O3/c1-4-15-11(14)9(2)13-5-6-16-10(8-13)7-12-3/h9-10,12H,4-8H2,1-3H3. The van der Waals surface area contributed by atoms with Gasteiger partial charge in [0.1, 0.15) is 6.04 Å². The van der Waals surface area contributed by atoms with E-state index in [1.54, 1.807) is 0 Å². The fraction of sp³-hybridized carbons (Fsp3) is 0.909. The van der Waals surface area contributed by atoms with Crippen molar-refractivity contribution in [2.45, 2.75) is 26.0 Å². The van der Waals surface area contributed by atoms with E-state index >= 15 is 0 Å². The van der Waals surface area contributed by atoms with Crippen LogP contribution >= 0.6 is 0 Å². The lowest BCUT2D eigenvalue weighted by Gasteiger charge is -2.35. The molecular formula is C11H22N2O3. The zero-order valence-electron chi connectivity index (χ0n) is 10.4. The summed E-state index contributed by atoms with van der Waals surface area (Å²) in [5, 5.41) is 3.08. The summed E-state index contributed by atoms with van der Waals surface area (Å²) in [5.74, 6) is -0.146. The number of carbonyl (C=O) groups is 1. The molecule has 0 spiro atoms. The van der Waals surface area contributed by atoms with Crippen molar-refractivity contribution in [1.82, 2.24) is 10.2 Å². The second-order valence-corrected chi connectivity index (χ2v) is 3.97. The van der Waals surface area contributed by atoms with Gasteiger partial charge in [0.15, 0.2) is 0 Å². The fourth-order valence-corrected chi connectivity index (χ4v) is 1.86. The molecule has 1 rings (SSSR count). The first kappa shape index (κ1) is 13.4. The molecule has 94 valence electrons. The van der Waals surface area contributed by atoms with Gasteiger partial charge in [0, 0.05) is 19.6 Å². The van der Waals surface area contributed by atoms with Crippen LogP contribution in [-0.2, 0) is 14.3 Å². The summed E-state index contributed by atoms with van der Waals surface area (Å²) in [6, 6.07) is -0.178. The Bertz CT molecular complexity index is 221. The molecule has 1 heterocycles. The molecule has 16 heavy (non-hydrogen) atoms. The third-order valence-corrected chi connectivity index (χ3v) is 2.78. The first-order valence-corrected chi connectivity index (χ1v) is 5.86. The summed E-state index contributed by atoms with van der Waals surface area (Å²) in [6.45, 7) is 7.21. The second kappa shape index (κ2) is 6.83. The van der Waals surface area contributed by atoms with Crippen LogP contribution in [0.15, 0.2) is 0 Å². The normalized spacial score (nSPS) is 24.1. The minimum atomic E-state index is -0.178. The summed E-state index contributed by atoms with van der Waals surface area (Å²) >= 11 is 0. The third kappa shape index (κ3) is 3.73. The minimum Gasteiger partial charge on any atom is -0.465 e. The van der Waals surface area contributed by atoms with E-state index in [0.717, 1.165) is 19.6 Å². The van der Waals surface area contributed by atoms with E-state index in [1.165, 1.54) is 0 Å². The second-order valence-electron chi connectivity index (χ2n) is 3.97. The first-order valence-electron chi connectivity index (χ1n) is 5.86. The van der Waals surface area contributed by atoms with Gasteiger partial charge in [-0.25, -0.2) is 0 Å². The van der Waals surface area contributed by atoms with Gasteiger partial charge in [-0.1, -0.05) is 0 Å². The summed E-state index contributed by atoms with van der Waals surface area (Å²) in [6.07, 6.45) is 0.163. The smallest absolute Gasteiger partial charge is 0.323 e. The number of ether oxygens (including phenoxy) is 2. The fourth-order valence-electron chi connectivity index (χ4n) is 1.86. The summed E-state index contributed by atoms with van der Waals surface area (Å²) in [7, 11) is 1.90. The van der Waals surface area contributed by atoms with Crippen LogP contribution in [0.5, 0.6) is 0 Å². The lowest BCUT2D eigenvalue weighted by atomic mass is 10.2. The predicted octanol–water partition coefficient (Wildman–Crippen LogP) is -0.142. The Morgan fingerprint density at radius 1 is 1.69 bits per heavy atom. The highest BCUT2D eigenvalue weighted by Crippen LogP contribution is 2.09. The Labute approximate surface area is 97.1 Å². The topological polar surface area (TPSA) is 50.8 Å². The van der Waals surface area contributed by atoms with Gasteiger partial charge in [-0.3, -0.25) is 9.69 Å².